The molecule has 2 aromatic rings. The smallest absolute Gasteiger partial charge is 0.223 e. The molecule has 1 saturated heterocycles. The molecule has 0 bridgehead atoms. The Hall–Kier alpha value is -2.30. The fraction of sp³-hybridized carbons (Fsp3) is 0.412. The van der Waals surface area contributed by atoms with Gasteiger partial charge in [0.1, 0.15) is 11.6 Å². The largest absolute Gasteiger partial charge is 0.373 e. The van der Waals surface area contributed by atoms with Gasteiger partial charge in [0.2, 0.25) is 5.95 Å². The third-order valence-corrected chi connectivity index (χ3v) is 4.27. The minimum Gasteiger partial charge on any atom is -0.373 e. The second-order valence-corrected chi connectivity index (χ2v) is 5.73. The Labute approximate surface area is 131 Å². The van der Waals surface area contributed by atoms with Gasteiger partial charge in [-0.2, -0.15) is 9.97 Å². The Morgan fingerprint density at radius 1 is 1.27 bits per heavy atom. The highest BCUT2D eigenvalue weighted by Crippen LogP contribution is 2.28. The first kappa shape index (κ1) is 14.6. The van der Waals surface area contributed by atoms with E-state index in [-0.39, 0.29) is 0 Å². The average Bonchev–Trinajstić information content (AvgIpc) is 3.02. The van der Waals surface area contributed by atoms with Crippen LogP contribution in [0.5, 0.6) is 0 Å². The van der Waals surface area contributed by atoms with Gasteiger partial charge >= 0.3 is 0 Å². The van der Waals surface area contributed by atoms with Crippen LogP contribution in [0.2, 0.25) is 0 Å². The minimum atomic E-state index is 0.329. The Kier molecular flexibility index (Phi) is 4.42. The monoisotopic (exact) mass is 297 g/mol. The lowest BCUT2D eigenvalue weighted by Crippen LogP contribution is -2.30. The molecular formula is C17H23N5. The lowest BCUT2D eigenvalue weighted by atomic mass is 10.0. The van der Waals surface area contributed by atoms with Gasteiger partial charge in [-0.05, 0) is 31.2 Å². The molecule has 0 amide bonds. The number of nitrogen functional groups attached to an aromatic ring is 1. The first-order valence-electron chi connectivity index (χ1n) is 7.89. The molecule has 116 valence electrons. The summed E-state index contributed by atoms with van der Waals surface area (Å²) in [5.41, 5.74) is 7.22. The van der Waals surface area contributed by atoms with E-state index >= 15 is 0 Å². The molecule has 3 rings (SSSR count). The highest BCUT2D eigenvalue weighted by Gasteiger charge is 2.26. The number of benzene rings is 1. The summed E-state index contributed by atoms with van der Waals surface area (Å²) >= 11 is 0. The van der Waals surface area contributed by atoms with Crippen molar-refractivity contribution in [2.75, 3.05) is 29.5 Å². The van der Waals surface area contributed by atoms with Gasteiger partial charge in [-0.1, -0.05) is 30.3 Å². The standard InChI is InChI=1S/C17H23N5/c1-19-15-12-16(21-17(18)20-15)22-11-5-8-14(22)10-9-13-6-3-2-4-7-13/h2-4,6-7,12,14H,5,8-11H2,1H3,(H3,18,19,20,21). The van der Waals surface area contributed by atoms with Crippen molar-refractivity contribution in [2.45, 2.75) is 31.7 Å². The van der Waals surface area contributed by atoms with Crippen molar-refractivity contribution >= 4 is 17.6 Å². The zero-order chi connectivity index (χ0) is 15.4. The maximum atomic E-state index is 5.82. The van der Waals surface area contributed by atoms with E-state index < -0.39 is 0 Å². The number of nitrogens with zero attached hydrogens (tertiary/aromatic N) is 3. The fourth-order valence-electron chi connectivity index (χ4n) is 3.14. The summed E-state index contributed by atoms with van der Waals surface area (Å²) < 4.78 is 0. The van der Waals surface area contributed by atoms with Gasteiger partial charge in [0.05, 0.1) is 0 Å². The fourth-order valence-corrected chi connectivity index (χ4v) is 3.14. The maximum absolute atomic E-state index is 5.82. The molecule has 0 radical (unpaired) electrons. The van der Waals surface area contributed by atoms with Crippen LogP contribution >= 0.6 is 0 Å². The van der Waals surface area contributed by atoms with Gasteiger partial charge in [-0.3, -0.25) is 0 Å². The number of nitrogens with one attached hydrogen (secondary N) is 1. The number of aromatic nitrogens is 2. The second-order valence-electron chi connectivity index (χ2n) is 5.73. The van der Waals surface area contributed by atoms with E-state index in [1.54, 1.807) is 0 Å². The number of anilines is 3. The van der Waals surface area contributed by atoms with Gasteiger partial charge in [-0.25, -0.2) is 0 Å². The molecule has 2 heterocycles. The molecule has 1 aliphatic heterocycles. The first-order chi connectivity index (χ1) is 10.8. The molecular weight excluding hydrogens is 274 g/mol. The van der Waals surface area contributed by atoms with Crippen LogP contribution < -0.4 is 16.0 Å². The predicted octanol–water partition coefficient (Wildman–Crippen LogP) is 2.70. The number of aryl methyl sites for hydroxylation is 1. The summed E-state index contributed by atoms with van der Waals surface area (Å²) in [5, 5.41) is 3.05. The minimum absolute atomic E-state index is 0.329. The topological polar surface area (TPSA) is 67.1 Å². The molecule has 1 aliphatic rings. The summed E-state index contributed by atoms with van der Waals surface area (Å²) in [5.74, 6) is 2.04. The molecule has 0 saturated carbocycles. The average molecular weight is 297 g/mol. The van der Waals surface area contributed by atoms with Gasteiger partial charge in [0.25, 0.3) is 0 Å². The highest BCUT2D eigenvalue weighted by atomic mass is 15.3. The quantitative estimate of drug-likeness (QED) is 0.888. The van der Waals surface area contributed by atoms with Gasteiger partial charge in [0, 0.05) is 25.7 Å². The number of hydrogen-bond donors (Lipinski definition) is 2. The van der Waals surface area contributed by atoms with Crippen LogP contribution in [0.1, 0.15) is 24.8 Å². The number of rotatable bonds is 5. The van der Waals surface area contributed by atoms with Gasteiger partial charge < -0.3 is 16.0 Å². The summed E-state index contributed by atoms with van der Waals surface area (Å²) in [6, 6.07) is 13.2. The van der Waals surface area contributed by atoms with Gasteiger partial charge in [0.15, 0.2) is 0 Å². The molecule has 1 atom stereocenters. The van der Waals surface area contributed by atoms with E-state index in [2.05, 4.69) is 50.5 Å². The molecule has 0 spiro atoms. The first-order valence-corrected chi connectivity index (χ1v) is 7.89. The van der Waals surface area contributed by atoms with E-state index in [0.717, 1.165) is 31.0 Å². The van der Waals surface area contributed by atoms with E-state index in [1.807, 2.05) is 13.1 Å². The van der Waals surface area contributed by atoms with Gasteiger partial charge in [-0.15, -0.1) is 0 Å². The molecule has 1 aromatic carbocycles. The van der Waals surface area contributed by atoms with Crippen LogP contribution in [-0.2, 0) is 6.42 Å². The zero-order valence-corrected chi connectivity index (χ0v) is 13.0. The summed E-state index contributed by atoms with van der Waals surface area (Å²) in [7, 11) is 1.85. The Bertz CT molecular complexity index is 614. The van der Waals surface area contributed by atoms with Crippen molar-refractivity contribution in [2.24, 2.45) is 0 Å². The highest BCUT2D eigenvalue weighted by molar-refractivity contribution is 5.53. The van der Waals surface area contributed by atoms with Crippen molar-refractivity contribution in [3.63, 3.8) is 0 Å². The maximum Gasteiger partial charge on any atom is 0.223 e. The number of nitrogens with two attached hydrogens (primary N) is 1. The second kappa shape index (κ2) is 6.64. The summed E-state index contributed by atoms with van der Waals surface area (Å²) in [6.07, 6.45) is 4.66. The van der Waals surface area contributed by atoms with Crippen molar-refractivity contribution in [3.05, 3.63) is 42.0 Å². The van der Waals surface area contributed by atoms with Crippen molar-refractivity contribution < 1.29 is 0 Å². The van der Waals surface area contributed by atoms with E-state index in [0.29, 0.717) is 12.0 Å². The lowest BCUT2D eigenvalue weighted by molar-refractivity contribution is 0.606. The number of hydrogen-bond acceptors (Lipinski definition) is 5. The van der Waals surface area contributed by atoms with Crippen molar-refractivity contribution in [3.8, 4) is 0 Å². The SMILES string of the molecule is CNc1cc(N2CCCC2CCc2ccccc2)nc(N)n1. The third kappa shape index (κ3) is 3.30. The summed E-state index contributed by atoms with van der Waals surface area (Å²) in [6.45, 7) is 1.04. The van der Waals surface area contributed by atoms with Crippen LogP contribution in [-0.4, -0.2) is 29.6 Å². The molecule has 5 nitrogen and oxygen atoms in total. The van der Waals surface area contributed by atoms with Crippen LogP contribution in [0.3, 0.4) is 0 Å². The Morgan fingerprint density at radius 2 is 2.09 bits per heavy atom. The molecule has 5 heteroatoms. The Morgan fingerprint density at radius 3 is 2.86 bits per heavy atom. The molecule has 1 aromatic heterocycles. The molecule has 1 unspecified atom stereocenters. The molecule has 22 heavy (non-hydrogen) atoms. The van der Waals surface area contributed by atoms with Crippen LogP contribution in [0.4, 0.5) is 17.6 Å². The van der Waals surface area contributed by atoms with Crippen molar-refractivity contribution in [1.82, 2.24) is 9.97 Å². The lowest BCUT2D eigenvalue weighted by Gasteiger charge is -2.26. The molecule has 1 fully saturated rings. The van der Waals surface area contributed by atoms with E-state index in [4.69, 9.17) is 5.73 Å². The van der Waals surface area contributed by atoms with Crippen LogP contribution in [0, 0.1) is 0 Å². The van der Waals surface area contributed by atoms with Crippen molar-refractivity contribution in [1.29, 1.82) is 0 Å². The predicted molar refractivity (Wildman–Crippen MR) is 91.1 cm³/mol. The third-order valence-electron chi connectivity index (χ3n) is 4.27. The molecule has 0 aliphatic carbocycles. The van der Waals surface area contributed by atoms with Crippen LogP contribution in [0.15, 0.2) is 36.4 Å². The van der Waals surface area contributed by atoms with E-state index in [9.17, 15) is 0 Å². The Balaban J connectivity index is 1.71. The zero-order valence-electron chi connectivity index (χ0n) is 13.0. The van der Waals surface area contributed by atoms with E-state index in [1.165, 1.54) is 18.4 Å². The molecule has 3 N–H and O–H groups in total. The normalized spacial score (nSPS) is 17.7. The summed E-state index contributed by atoms with van der Waals surface area (Å²) in [4.78, 5) is 11.0. The van der Waals surface area contributed by atoms with Crippen LogP contribution in [0.25, 0.3) is 0 Å².